The van der Waals surface area contributed by atoms with Crippen molar-refractivity contribution in [1.82, 2.24) is 0 Å². The number of hydrogen-bond acceptors (Lipinski definition) is 4. The minimum absolute atomic E-state index is 0.0617. The Kier molecular flexibility index (Phi) is 7.48. The highest BCUT2D eigenvalue weighted by Crippen LogP contribution is 2.37. The third-order valence-electron chi connectivity index (χ3n) is 4.32. The summed E-state index contributed by atoms with van der Waals surface area (Å²) in [6.45, 7) is 0.781. The summed E-state index contributed by atoms with van der Waals surface area (Å²) >= 11 is 15.8. The Labute approximate surface area is 192 Å². The predicted molar refractivity (Wildman–Crippen MR) is 122 cm³/mol. The maximum absolute atomic E-state index is 11.1. The van der Waals surface area contributed by atoms with Crippen molar-refractivity contribution in [1.29, 1.82) is 0 Å². The zero-order chi connectivity index (χ0) is 21.7. The molecule has 0 aliphatic rings. The van der Waals surface area contributed by atoms with Crippen LogP contribution in [0.1, 0.15) is 21.5 Å². The topological polar surface area (TPSA) is 67.8 Å². The van der Waals surface area contributed by atoms with Gasteiger partial charge >= 0.3 is 5.97 Å². The Hall–Kier alpha value is -2.41. The summed E-state index contributed by atoms with van der Waals surface area (Å²) < 4.78 is 12.2. The van der Waals surface area contributed by atoms with Crippen molar-refractivity contribution in [2.45, 2.75) is 13.2 Å². The number of aromatic carboxylic acids is 1. The molecule has 8 heteroatoms. The van der Waals surface area contributed by atoms with Crippen molar-refractivity contribution in [2.24, 2.45) is 0 Å². The van der Waals surface area contributed by atoms with Gasteiger partial charge in [0.05, 0.1) is 22.2 Å². The second-order valence-electron chi connectivity index (χ2n) is 6.34. The summed E-state index contributed by atoms with van der Waals surface area (Å²) in [4.78, 5) is 11.1. The highest BCUT2D eigenvalue weighted by molar-refractivity contribution is 9.10. The predicted octanol–water partition coefficient (Wildman–Crippen LogP) is 6.65. The fraction of sp³-hybridized carbons (Fsp3) is 0.136. The SMILES string of the molecule is COc1cc(CNc2ccc(C(=O)O)c(Cl)c2)cc(Br)c1OCc1ccccc1Cl. The van der Waals surface area contributed by atoms with Crippen LogP contribution in [0, 0.1) is 0 Å². The number of carbonyl (C=O) groups is 1. The van der Waals surface area contributed by atoms with E-state index in [2.05, 4.69) is 21.2 Å². The van der Waals surface area contributed by atoms with Crippen LogP contribution in [0.15, 0.2) is 59.1 Å². The lowest BCUT2D eigenvalue weighted by Crippen LogP contribution is -2.04. The van der Waals surface area contributed by atoms with Crippen LogP contribution in [0.4, 0.5) is 5.69 Å². The van der Waals surface area contributed by atoms with Gasteiger partial charge in [0.2, 0.25) is 0 Å². The summed E-state index contributed by atoms with van der Waals surface area (Å²) in [7, 11) is 1.58. The molecule has 0 unspecified atom stereocenters. The van der Waals surface area contributed by atoms with Gasteiger partial charge in [0.15, 0.2) is 11.5 Å². The lowest BCUT2D eigenvalue weighted by atomic mass is 10.1. The first-order valence-corrected chi connectivity index (χ1v) is 10.4. The van der Waals surface area contributed by atoms with E-state index in [1.54, 1.807) is 19.2 Å². The molecule has 0 saturated carbocycles. The van der Waals surface area contributed by atoms with Gasteiger partial charge in [-0.25, -0.2) is 4.79 Å². The number of carboxylic acid groups (broad SMARTS) is 1. The highest BCUT2D eigenvalue weighted by Gasteiger charge is 2.13. The number of methoxy groups -OCH3 is 1. The summed E-state index contributed by atoms with van der Waals surface area (Å²) in [5.41, 5.74) is 2.58. The fourth-order valence-electron chi connectivity index (χ4n) is 2.78. The Morgan fingerprint density at radius 3 is 2.53 bits per heavy atom. The van der Waals surface area contributed by atoms with Gasteiger partial charge in [-0.1, -0.05) is 41.4 Å². The van der Waals surface area contributed by atoms with Gasteiger partial charge in [0.25, 0.3) is 0 Å². The number of anilines is 1. The molecule has 0 radical (unpaired) electrons. The molecule has 3 aromatic rings. The first kappa shape index (κ1) is 22.3. The average Bonchev–Trinajstić information content (AvgIpc) is 2.72. The number of benzene rings is 3. The summed E-state index contributed by atoms with van der Waals surface area (Å²) in [5.74, 6) is 0.0927. The van der Waals surface area contributed by atoms with E-state index in [0.29, 0.717) is 35.4 Å². The molecule has 5 nitrogen and oxygen atoms in total. The molecule has 0 fully saturated rings. The van der Waals surface area contributed by atoms with E-state index in [1.165, 1.54) is 6.07 Å². The number of hydrogen-bond donors (Lipinski definition) is 2. The lowest BCUT2D eigenvalue weighted by Gasteiger charge is -2.16. The zero-order valence-corrected chi connectivity index (χ0v) is 19.0. The van der Waals surface area contributed by atoms with Gasteiger partial charge in [0, 0.05) is 22.8 Å². The number of halogens is 3. The molecule has 156 valence electrons. The van der Waals surface area contributed by atoms with Crippen molar-refractivity contribution >= 4 is 50.8 Å². The highest BCUT2D eigenvalue weighted by atomic mass is 79.9. The minimum Gasteiger partial charge on any atom is -0.493 e. The second-order valence-corrected chi connectivity index (χ2v) is 8.01. The van der Waals surface area contributed by atoms with Gasteiger partial charge in [-0.05, 0) is 57.9 Å². The molecule has 3 aromatic carbocycles. The van der Waals surface area contributed by atoms with E-state index in [0.717, 1.165) is 15.6 Å². The van der Waals surface area contributed by atoms with Gasteiger partial charge in [-0.15, -0.1) is 0 Å². The van der Waals surface area contributed by atoms with Gasteiger partial charge in [-0.2, -0.15) is 0 Å². The van der Waals surface area contributed by atoms with Crippen molar-refractivity contribution in [3.8, 4) is 11.5 Å². The molecule has 0 saturated heterocycles. The van der Waals surface area contributed by atoms with Crippen LogP contribution in [0.5, 0.6) is 11.5 Å². The van der Waals surface area contributed by atoms with Crippen molar-refractivity contribution in [2.75, 3.05) is 12.4 Å². The molecule has 0 aliphatic carbocycles. The van der Waals surface area contributed by atoms with Crippen LogP contribution in [0.25, 0.3) is 0 Å². The van der Waals surface area contributed by atoms with E-state index in [9.17, 15) is 4.79 Å². The molecule has 0 spiro atoms. The third-order valence-corrected chi connectivity index (χ3v) is 5.59. The molecule has 0 aliphatic heterocycles. The van der Waals surface area contributed by atoms with E-state index in [4.69, 9.17) is 37.8 Å². The van der Waals surface area contributed by atoms with Crippen LogP contribution in [0.2, 0.25) is 10.0 Å². The van der Waals surface area contributed by atoms with Crippen LogP contribution in [0.3, 0.4) is 0 Å². The minimum atomic E-state index is -1.06. The first-order valence-electron chi connectivity index (χ1n) is 8.88. The number of nitrogens with one attached hydrogen (secondary N) is 1. The number of ether oxygens (including phenoxy) is 2. The van der Waals surface area contributed by atoms with Crippen molar-refractivity contribution in [3.63, 3.8) is 0 Å². The van der Waals surface area contributed by atoms with Crippen LogP contribution in [-0.4, -0.2) is 18.2 Å². The summed E-state index contributed by atoms with van der Waals surface area (Å²) in [6.07, 6.45) is 0. The van der Waals surface area contributed by atoms with Crippen LogP contribution in [-0.2, 0) is 13.2 Å². The monoisotopic (exact) mass is 509 g/mol. The van der Waals surface area contributed by atoms with Gasteiger partial charge in [0.1, 0.15) is 6.61 Å². The van der Waals surface area contributed by atoms with E-state index in [-0.39, 0.29) is 10.6 Å². The first-order chi connectivity index (χ1) is 14.4. The maximum atomic E-state index is 11.1. The zero-order valence-electron chi connectivity index (χ0n) is 15.9. The van der Waals surface area contributed by atoms with E-state index in [1.807, 2.05) is 36.4 Å². The Balaban J connectivity index is 1.73. The molecule has 3 rings (SSSR count). The van der Waals surface area contributed by atoms with Crippen molar-refractivity contribution < 1.29 is 19.4 Å². The molecular weight excluding hydrogens is 493 g/mol. The van der Waals surface area contributed by atoms with Gasteiger partial charge < -0.3 is 19.9 Å². The molecule has 0 atom stereocenters. The van der Waals surface area contributed by atoms with Crippen LogP contribution < -0.4 is 14.8 Å². The summed E-state index contributed by atoms with van der Waals surface area (Å²) in [5, 5.41) is 13.1. The summed E-state index contributed by atoms with van der Waals surface area (Å²) in [6, 6.07) is 16.0. The molecule has 0 heterocycles. The molecule has 0 aromatic heterocycles. The number of rotatable bonds is 8. The Morgan fingerprint density at radius 1 is 1.10 bits per heavy atom. The normalized spacial score (nSPS) is 10.5. The standard InChI is InChI=1S/C22H18BrCl2NO4/c1-29-20-9-13(11-26-15-6-7-16(22(27)28)19(25)10-15)8-17(23)21(20)30-12-14-4-2-3-5-18(14)24/h2-10,26H,11-12H2,1H3,(H,27,28). The van der Waals surface area contributed by atoms with Gasteiger partial charge in [-0.3, -0.25) is 0 Å². The van der Waals surface area contributed by atoms with Crippen LogP contribution >= 0.6 is 39.1 Å². The van der Waals surface area contributed by atoms with Crippen molar-refractivity contribution in [3.05, 3.63) is 85.8 Å². The smallest absolute Gasteiger partial charge is 0.337 e. The third kappa shape index (κ3) is 5.39. The molecule has 2 N–H and O–H groups in total. The molecule has 0 bridgehead atoms. The fourth-order valence-corrected chi connectivity index (χ4v) is 3.84. The molecule has 0 amide bonds. The Bertz CT molecular complexity index is 1070. The number of carboxylic acids is 1. The largest absolute Gasteiger partial charge is 0.493 e. The Morgan fingerprint density at radius 2 is 1.87 bits per heavy atom. The lowest BCUT2D eigenvalue weighted by molar-refractivity contribution is 0.0697. The quantitative estimate of drug-likeness (QED) is 0.355. The average molecular weight is 511 g/mol. The molecular formula is C22H18BrCl2NO4. The van der Waals surface area contributed by atoms with E-state index < -0.39 is 5.97 Å². The second kappa shape index (κ2) is 10.1. The molecule has 30 heavy (non-hydrogen) atoms. The van der Waals surface area contributed by atoms with E-state index >= 15 is 0 Å². The maximum Gasteiger partial charge on any atom is 0.337 e.